The first-order valence-electron chi connectivity index (χ1n) is 9.39. The molecule has 1 amide bonds. The summed E-state index contributed by atoms with van der Waals surface area (Å²) in [7, 11) is -1.23. The number of amides is 1. The Morgan fingerprint density at radius 2 is 1.96 bits per heavy atom. The Kier molecular flexibility index (Phi) is 5.88. The van der Waals surface area contributed by atoms with Gasteiger partial charge in [-0.25, -0.2) is 12.8 Å². The molecule has 2 heterocycles. The molecule has 0 unspecified atom stereocenters. The first kappa shape index (κ1) is 20.5. The first-order chi connectivity index (χ1) is 13.2. The predicted molar refractivity (Wildman–Crippen MR) is 105 cm³/mol. The zero-order valence-corrected chi connectivity index (χ0v) is 17.3. The average molecular weight is 408 g/mol. The van der Waals surface area contributed by atoms with Crippen LogP contribution in [0.2, 0.25) is 0 Å². The van der Waals surface area contributed by atoms with Gasteiger partial charge in [-0.2, -0.15) is 5.10 Å². The largest absolute Gasteiger partial charge is 0.341 e. The Morgan fingerprint density at radius 1 is 1.29 bits per heavy atom. The molecule has 2 aromatic rings. The van der Waals surface area contributed by atoms with Gasteiger partial charge in [-0.05, 0) is 44.4 Å². The summed E-state index contributed by atoms with van der Waals surface area (Å²) in [6.07, 6.45) is 1.48. The molecule has 1 aliphatic rings. The highest BCUT2D eigenvalue weighted by atomic mass is 32.2. The van der Waals surface area contributed by atoms with E-state index in [2.05, 4.69) is 5.10 Å². The first-order valence-corrected chi connectivity index (χ1v) is 11.2. The standard InChI is InChI=1S/C20H26FN3O3S/c1-14-19(15(2)24(22-14)18-10-11-28(26,27)13-18)12-23(3)20(25)9-6-16-4-7-17(21)8-5-16/h4-5,7-8,18H,6,9-13H2,1-3H3/t18-/m1/s1. The molecule has 1 aromatic heterocycles. The van der Waals surface area contributed by atoms with Crippen LogP contribution < -0.4 is 0 Å². The van der Waals surface area contributed by atoms with Gasteiger partial charge in [-0.15, -0.1) is 0 Å². The van der Waals surface area contributed by atoms with Crippen molar-refractivity contribution in [3.05, 3.63) is 52.6 Å². The molecule has 1 saturated heterocycles. The Morgan fingerprint density at radius 3 is 2.57 bits per heavy atom. The van der Waals surface area contributed by atoms with Crippen molar-refractivity contribution < 1.29 is 17.6 Å². The minimum atomic E-state index is -2.99. The second-order valence-electron chi connectivity index (χ2n) is 7.53. The molecule has 6 nitrogen and oxygen atoms in total. The molecular formula is C20H26FN3O3S. The van der Waals surface area contributed by atoms with E-state index in [4.69, 9.17) is 0 Å². The lowest BCUT2D eigenvalue weighted by atomic mass is 10.1. The lowest BCUT2D eigenvalue weighted by Crippen LogP contribution is -2.27. The van der Waals surface area contributed by atoms with Gasteiger partial charge >= 0.3 is 0 Å². The van der Waals surface area contributed by atoms with Crippen LogP contribution in [0.25, 0.3) is 0 Å². The number of carbonyl (C=O) groups is 1. The van der Waals surface area contributed by atoms with E-state index in [1.807, 2.05) is 18.5 Å². The number of rotatable bonds is 6. The molecule has 0 bridgehead atoms. The van der Waals surface area contributed by atoms with Crippen LogP contribution in [-0.4, -0.2) is 47.6 Å². The highest BCUT2D eigenvalue weighted by Gasteiger charge is 2.31. The number of benzene rings is 1. The third-order valence-corrected chi connectivity index (χ3v) is 7.14. The second kappa shape index (κ2) is 8.03. The van der Waals surface area contributed by atoms with Crippen LogP contribution in [0.5, 0.6) is 0 Å². The van der Waals surface area contributed by atoms with Crippen molar-refractivity contribution in [2.24, 2.45) is 0 Å². The summed E-state index contributed by atoms with van der Waals surface area (Å²) in [4.78, 5) is 14.2. The fourth-order valence-corrected chi connectivity index (χ4v) is 5.36. The fourth-order valence-electron chi connectivity index (χ4n) is 3.67. The molecule has 1 fully saturated rings. The second-order valence-corrected chi connectivity index (χ2v) is 9.76. The maximum atomic E-state index is 13.0. The normalized spacial score (nSPS) is 18.4. The van der Waals surface area contributed by atoms with E-state index in [0.717, 1.165) is 22.5 Å². The highest BCUT2D eigenvalue weighted by Crippen LogP contribution is 2.27. The number of nitrogens with zero attached hydrogens (tertiary/aromatic N) is 3. The quantitative estimate of drug-likeness (QED) is 0.738. The van der Waals surface area contributed by atoms with Crippen molar-refractivity contribution >= 4 is 15.7 Å². The Balaban J connectivity index is 1.64. The minimum Gasteiger partial charge on any atom is -0.341 e. The van der Waals surface area contributed by atoms with E-state index < -0.39 is 9.84 Å². The molecule has 0 radical (unpaired) electrons. The number of halogens is 1. The molecule has 8 heteroatoms. The third-order valence-electron chi connectivity index (χ3n) is 5.39. The van der Waals surface area contributed by atoms with Crippen molar-refractivity contribution in [1.29, 1.82) is 0 Å². The number of aryl methyl sites for hydroxylation is 2. The van der Waals surface area contributed by atoms with Gasteiger partial charge in [0, 0.05) is 31.3 Å². The summed E-state index contributed by atoms with van der Waals surface area (Å²) >= 11 is 0. The van der Waals surface area contributed by atoms with E-state index >= 15 is 0 Å². The fraction of sp³-hybridized carbons (Fsp3) is 0.500. The number of hydrogen-bond donors (Lipinski definition) is 0. The lowest BCUT2D eigenvalue weighted by molar-refractivity contribution is -0.130. The molecule has 28 heavy (non-hydrogen) atoms. The van der Waals surface area contributed by atoms with E-state index in [-0.39, 0.29) is 29.3 Å². The van der Waals surface area contributed by atoms with Crippen LogP contribution in [0.3, 0.4) is 0 Å². The summed E-state index contributed by atoms with van der Waals surface area (Å²) in [6, 6.07) is 6.05. The van der Waals surface area contributed by atoms with Gasteiger partial charge in [0.15, 0.2) is 9.84 Å². The minimum absolute atomic E-state index is 0.000630. The number of carbonyl (C=O) groups excluding carboxylic acids is 1. The Bertz CT molecular complexity index is 967. The zero-order valence-electron chi connectivity index (χ0n) is 16.5. The van der Waals surface area contributed by atoms with Crippen molar-refractivity contribution in [2.45, 2.75) is 45.7 Å². The molecule has 1 atom stereocenters. The number of sulfone groups is 1. The van der Waals surface area contributed by atoms with Gasteiger partial charge in [0.2, 0.25) is 5.91 Å². The Hall–Kier alpha value is -2.22. The molecule has 0 N–H and O–H groups in total. The van der Waals surface area contributed by atoms with Crippen LogP contribution in [0, 0.1) is 19.7 Å². The SMILES string of the molecule is Cc1nn([C@@H]2CCS(=O)(=O)C2)c(C)c1CN(C)C(=O)CCc1ccc(F)cc1. The summed E-state index contributed by atoms with van der Waals surface area (Å²) < 4.78 is 38.3. The van der Waals surface area contributed by atoms with Gasteiger partial charge < -0.3 is 4.90 Å². The molecule has 1 aliphatic heterocycles. The summed E-state index contributed by atoms with van der Waals surface area (Å²) in [5.41, 5.74) is 3.62. The van der Waals surface area contributed by atoms with Crippen molar-refractivity contribution in [3.8, 4) is 0 Å². The molecule has 152 valence electrons. The average Bonchev–Trinajstić information content (AvgIpc) is 3.14. The van der Waals surface area contributed by atoms with E-state index in [1.54, 1.807) is 24.1 Å². The zero-order chi connectivity index (χ0) is 20.5. The highest BCUT2D eigenvalue weighted by molar-refractivity contribution is 7.91. The van der Waals surface area contributed by atoms with Gasteiger partial charge in [0.25, 0.3) is 0 Å². The summed E-state index contributed by atoms with van der Waals surface area (Å²) in [5, 5.41) is 4.55. The molecule has 1 aromatic carbocycles. The van der Waals surface area contributed by atoms with Crippen molar-refractivity contribution in [3.63, 3.8) is 0 Å². The predicted octanol–water partition coefficient (Wildman–Crippen LogP) is 2.59. The van der Waals surface area contributed by atoms with Gasteiger partial charge in [-0.1, -0.05) is 12.1 Å². The van der Waals surface area contributed by atoms with Crippen LogP contribution in [0.1, 0.15) is 41.4 Å². The molecule has 0 aliphatic carbocycles. The maximum Gasteiger partial charge on any atom is 0.222 e. The van der Waals surface area contributed by atoms with Crippen LogP contribution in [-0.2, 0) is 27.6 Å². The van der Waals surface area contributed by atoms with Crippen molar-refractivity contribution in [2.75, 3.05) is 18.6 Å². The summed E-state index contributed by atoms with van der Waals surface area (Å²) in [6.45, 7) is 4.25. The Labute approximate surface area is 165 Å². The molecule has 0 spiro atoms. The third kappa shape index (κ3) is 4.60. The topological polar surface area (TPSA) is 72.3 Å². The van der Waals surface area contributed by atoms with Gasteiger partial charge in [0.1, 0.15) is 5.82 Å². The van der Waals surface area contributed by atoms with E-state index in [9.17, 15) is 17.6 Å². The van der Waals surface area contributed by atoms with Gasteiger partial charge in [0.05, 0.1) is 23.2 Å². The lowest BCUT2D eigenvalue weighted by Gasteiger charge is -2.18. The van der Waals surface area contributed by atoms with Crippen LogP contribution in [0.4, 0.5) is 4.39 Å². The monoisotopic (exact) mass is 407 g/mol. The molecular weight excluding hydrogens is 381 g/mol. The van der Waals surface area contributed by atoms with Crippen molar-refractivity contribution in [1.82, 2.24) is 14.7 Å². The van der Waals surface area contributed by atoms with Crippen LogP contribution >= 0.6 is 0 Å². The molecule has 0 saturated carbocycles. The van der Waals surface area contributed by atoms with Gasteiger partial charge in [-0.3, -0.25) is 9.48 Å². The van der Waals surface area contributed by atoms with E-state index in [1.165, 1.54) is 12.1 Å². The number of hydrogen-bond acceptors (Lipinski definition) is 4. The smallest absolute Gasteiger partial charge is 0.222 e. The summed E-state index contributed by atoms with van der Waals surface area (Å²) in [5.74, 6) is 0.0399. The molecule has 3 rings (SSSR count). The maximum absolute atomic E-state index is 13.0. The van der Waals surface area contributed by atoms with Crippen LogP contribution in [0.15, 0.2) is 24.3 Å². The van der Waals surface area contributed by atoms with E-state index in [0.29, 0.717) is 25.8 Å². The number of aromatic nitrogens is 2.